The normalized spacial score (nSPS) is 11.3. The van der Waals surface area contributed by atoms with Gasteiger partial charge in [-0.25, -0.2) is 14.3 Å². The standard InChI is InChI=1S/C16H14ClN3O3/c1-8(2)13-11(16(22)23)7-18-14-12(15(21)19-20(13)14)9-4-3-5-10(17)6-9/h3-8H,1-2H3,(H,19,21)(H,22,23). The number of halogens is 1. The van der Waals surface area contributed by atoms with E-state index in [0.29, 0.717) is 27.5 Å². The molecule has 118 valence electrons. The fraction of sp³-hybridized carbons (Fsp3) is 0.188. The number of rotatable bonds is 3. The number of aromatic nitrogens is 3. The van der Waals surface area contributed by atoms with Gasteiger partial charge >= 0.3 is 5.97 Å². The Balaban J connectivity index is 2.37. The third-order valence-corrected chi connectivity index (χ3v) is 3.79. The molecular formula is C16H14ClN3O3. The van der Waals surface area contributed by atoms with Crippen LogP contribution in [0.1, 0.15) is 35.8 Å². The van der Waals surface area contributed by atoms with Gasteiger partial charge in [-0.1, -0.05) is 37.6 Å². The molecule has 0 amide bonds. The molecular weight excluding hydrogens is 318 g/mol. The minimum Gasteiger partial charge on any atom is -0.492 e. The summed E-state index contributed by atoms with van der Waals surface area (Å²) in [4.78, 5) is 15.6. The molecule has 0 spiro atoms. The first-order valence-electron chi connectivity index (χ1n) is 7.00. The van der Waals surface area contributed by atoms with E-state index in [1.165, 1.54) is 10.7 Å². The van der Waals surface area contributed by atoms with Crippen molar-refractivity contribution >= 4 is 23.2 Å². The molecule has 0 aliphatic heterocycles. The highest BCUT2D eigenvalue weighted by Gasteiger charge is 2.23. The lowest BCUT2D eigenvalue weighted by atomic mass is 10.0. The van der Waals surface area contributed by atoms with Crippen molar-refractivity contribution < 1.29 is 15.0 Å². The highest BCUT2D eigenvalue weighted by molar-refractivity contribution is 6.30. The first-order chi connectivity index (χ1) is 10.9. The van der Waals surface area contributed by atoms with Crippen molar-refractivity contribution in [2.45, 2.75) is 19.8 Å². The summed E-state index contributed by atoms with van der Waals surface area (Å²) in [5, 5.41) is 24.2. The van der Waals surface area contributed by atoms with E-state index in [2.05, 4.69) is 10.1 Å². The molecule has 0 unspecified atom stereocenters. The second-order valence-corrected chi connectivity index (χ2v) is 5.90. The maximum Gasteiger partial charge on any atom is 0.339 e. The van der Waals surface area contributed by atoms with Crippen molar-refractivity contribution in [3.05, 3.63) is 46.7 Å². The van der Waals surface area contributed by atoms with Gasteiger partial charge in [0, 0.05) is 11.2 Å². The highest BCUT2D eigenvalue weighted by Crippen LogP contribution is 2.35. The zero-order chi connectivity index (χ0) is 16.7. The largest absolute Gasteiger partial charge is 0.492 e. The second-order valence-electron chi connectivity index (χ2n) is 5.46. The zero-order valence-corrected chi connectivity index (χ0v) is 13.2. The summed E-state index contributed by atoms with van der Waals surface area (Å²) in [7, 11) is 0. The molecule has 0 radical (unpaired) electrons. The average Bonchev–Trinajstić information content (AvgIpc) is 2.81. The molecule has 2 heterocycles. The zero-order valence-electron chi connectivity index (χ0n) is 12.5. The molecule has 2 N–H and O–H groups in total. The first kappa shape index (κ1) is 15.3. The summed E-state index contributed by atoms with van der Waals surface area (Å²) in [6.07, 6.45) is 1.29. The number of carboxylic acids is 1. The van der Waals surface area contributed by atoms with Crippen molar-refractivity contribution in [1.82, 2.24) is 14.6 Å². The quantitative estimate of drug-likeness (QED) is 0.766. The average molecular weight is 332 g/mol. The van der Waals surface area contributed by atoms with Gasteiger partial charge in [0.2, 0.25) is 5.88 Å². The Hall–Kier alpha value is -2.60. The van der Waals surface area contributed by atoms with Gasteiger partial charge in [-0.15, -0.1) is 5.10 Å². The second kappa shape index (κ2) is 5.55. The van der Waals surface area contributed by atoms with E-state index < -0.39 is 5.97 Å². The van der Waals surface area contributed by atoms with Crippen LogP contribution in [0.25, 0.3) is 16.8 Å². The summed E-state index contributed by atoms with van der Waals surface area (Å²) in [5.74, 6) is -1.41. The van der Waals surface area contributed by atoms with Crippen molar-refractivity contribution in [3.8, 4) is 17.0 Å². The van der Waals surface area contributed by atoms with E-state index in [1.54, 1.807) is 24.3 Å². The van der Waals surface area contributed by atoms with Gasteiger partial charge in [-0.2, -0.15) is 0 Å². The summed E-state index contributed by atoms with van der Waals surface area (Å²) in [6, 6.07) is 6.96. The Bertz CT molecular complexity index is 918. The van der Waals surface area contributed by atoms with E-state index in [-0.39, 0.29) is 17.4 Å². The number of benzene rings is 1. The van der Waals surface area contributed by atoms with Gasteiger partial charge < -0.3 is 10.2 Å². The molecule has 3 aromatic rings. The van der Waals surface area contributed by atoms with Gasteiger partial charge in [0.25, 0.3) is 0 Å². The SMILES string of the molecule is CC(C)c1c(C(=O)O)cnc2c(-c3cccc(Cl)c3)c(O)nn12. The van der Waals surface area contributed by atoms with Crippen molar-refractivity contribution in [1.29, 1.82) is 0 Å². The summed E-state index contributed by atoms with van der Waals surface area (Å²) in [5.41, 5.74) is 2.01. The van der Waals surface area contributed by atoms with Crippen LogP contribution in [0.3, 0.4) is 0 Å². The minimum atomic E-state index is -1.08. The van der Waals surface area contributed by atoms with E-state index in [1.807, 2.05) is 13.8 Å². The van der Waals surface area contributed by atoms with Crippen LogP contribution >= 0.6 is 11.6 Å². The summed E-state index contributed by atoms with van der Waals surface area (Å²) < 4.78 is 1.39. The molecule has 0 saturated heterocycles. The molecule has 7 heteroatoms. The number of carboxylic acid groups (broad SMARTS) is 1. The maximum absolute atomic E-state index is 11.4. The van der Waals surface area contributed by atoms with Crippen LogP contribution in [0.15, 0.2) is 30.5 Å². The number of fused-ring (bicyclic) bond motifs is 1. The first-order valence-corrected chi connectivity index (χ1v) is 7.37. The van der Waals surface area contributed by atoms with Gasteiger partial charge in [0.15, 0.2) is 5.65 Å². The van der Waals surface area contributed by atoms with Crippen LogP contribution in [0.2, 0.25) is 5.02 Å². The molecule has 0 fully saturated rings. The Morgan fingerprint density at radius 2 is 2.09 bits per heavy atom. The number of aromatic hydroxyl groups is 1. The molecule has 1 aromatic carbocycles. The predicted octanol–water partition coefficient (Wildman–Crippen LogP) is 3.58. The summed E-state index contributed by atoms with van der Waals surface area (Å²) >= 11 is 6.01. The van der Waals surface area contributed by atoms with E-state index in [9.17, 15) is 15.0 Å². The fourth-order valence-corrected chi connectivity index (χ4v) is 2.80. The van der Waals surface area contributed by atoms with Crippen LogP contribution in [0, 0.1) is 0 Å². The number of aromatic carboxylic acids is 1. The van der Waals surface area contributed by atoms with Crippen molar-refractivity contribution in [2.75, 3.05) is 0 Å². The van der Waals surface area contributed by atoms with Gasteiger partial charge in [-0.05, 0) is 23.6 Å². The van der Waals surface area contributed by atoms with E-state index in [4.69, 9.17) is 11.6 Å². The lowest BCUT2D eigenvalue weighted by Gasteiger charge is -2.11. The Labute approximate surface area is 137 Å². The van der Waals surface area contributed by atoms with Gasteiger partial charge in [-0.3, -0.25) is 0 Å². The molecule has 6 nitrogen and oxygen atoms in total. The molecule has 0 aliphatic carbocycles. The highest BCUT2D eigenvalue weighted by atomic mass is 35.5. The topological polar surface area (TPSA) is 87.7 Å². The monoisotopic (exact) mass is 331 g/mol. The number of carbonyl (C=O) groups is 1. The Morgan fingerprint density at radius 3 is 2.70 bits per heavy atom. The third kappa shape index (κ3) is 2.51. The lowest BCUT2D eigenvalue weighted by molar-refractivity contribution is 0.0693. The Morgan fingerprint density at radius 1 is 1.35 bits per heavy atom. The predicted molar refractivity (Wildman–Crippen MR) is 86.1 cm³/mol. The van der Waals surface area contributed by atoms with Crippen molar-refractivity contribution in [3.63, 3.8) is 0 Å². The van der Waals surface area contributed by atoms with Crippen LogP contribution in [-0.4, -0.2) is 30.8 Å². The molecule has 0 atom stereocenters. The lowest BCUT2D eigenvalue weighted by Crippen LogP contribution is -2.11. The number of nitrogens with zero attached hydrogens (tertiary/aromatic N) is 3. The Kier molecular flexibility index (Phi) is 3.69. The van der Waals surface area contributed by atoms with E-state index >= 15 is 0 Å². The molecule has 3 rings (SSSR count). The summed E-state index contributed by atoms with van der Waals surface area (Å²) in [6.45, 7) is 3.72. The minimum absolute atomic E-state index is 0.0626. The van der Waals surface area contributed by atoms with Gasteiger partial charge in [0.1, 0.15) is 0 Å². The fourth-order valence-electron chi connectivity index (χ4n) is 2.61. The molecule has 0 aliphatic rings. The third-order valence-electron chi connectivity index (χ3n) is 3.55. The van der Waals surface area contributed by atoms with Crippen LogP contribution in [-0.2, 0) is 0 Å². The smallest absolute Gasteiger partial charge is 0.339 e. The molecule has 0 saturated carbocycles. The van der Waals surface area contributed by atoms with Crippen LogP contribution in [0.4, 0.5) is 0 Å². The van der Waals surface area contributed by atoms with E-state index in [0.717, 1.165) is 0 Å². The molecule has 2 aromatic heterocycles. The number of hydrogen-bond donors (Lipinski definition) is 2. The van der Waals surface area contributed by atoms with Crippen LogP contribution in [0.5, 0.6) is 5.88 Å². The van der Waals surface area contributed by atoms with Gasteiger partial charge in [0.05, 0.1) is 16.8 Å². The molecule has 0 bridgehead atoms. The maximum atomic E-state index is 11.4. The van der Waals surface area contributed by atoms with Crippen LogP contribution < -0.4 is 0 Å². The van der Waals surface area contributed by atoms with Crippen molar-refractivity contribution in [2.24, 2.45) is 0 Å². The molecule has 23 heavy (non-hydrogen) atoms. The number of hydrogen-bond acceptors (Lipinski definition) is 4.